The van der Waals surface area contributed by atoms with Crippen molar-refractivity contribution in [3.05, 3.63) is 49.0 Å². The minimum absolute atomic E-state index is 0.0984. The van der Waals surface area contributed by atoms with Crippen molar-refractivity contribution < 1.29 is 9.39 Å². The van der Waals surface area contributed by atoms with Gasteiger partial charge in [-0.15, -0.1) is 11.3 Å². The number of piperidine rings is 1. The lowest BCUT2D eigenvalue weighted by Crippen LogP contribution is -2.61. The van der Waals surface area contributed by atoms with Gasteiger partial charge in [0.1, 0.15) is 18.8 Å². The number of anilines is 1. The highest BCUT2D eigenvalue weighted by molar-refractivity contribution is 9.11. The van der Waals surface area contributed by atoms with Gasteiger partial charge in [0, 0.05) is 15.8 Å². The summed E-state index contributed by atoms with van der Waals surface area (Å²) in [5.74, 6) is -0.209. The van der Waals surface area contributed by atoms with Gasteiger partial charge in [-0.1, -0.05) is 30.1 Å². The van der Waals surface area contributed by atoms with E-state index in [0.717, 1.165) is 40.3 Å². The molecule has 2 aliphatic rings. The number of carbonyl (C=O) groups excluding carboxylic acids is 1. The summed E-state index contributed by atoms with van der Waals surface area (Å²) >= 11 is 17.8. The van der Waals surface area contributed by atoms with Crippen molar-refractivity contribution in [1.82, 2.24) is 5.43 Å². The molecule has 5 nitrogen and oxygen atoms in total. The number of carbonyl (C=O) groups is 1. The second-order valence-corrected chi connectivity index (χ2v) is 11.5. The Morgan fingerprint density at radius 2 is 1.97 bits per heavy atom. The molecular weight excluding hydrogens is 507 g/mol. The van der Waals surface area contributed by atoms with Crippen molar-refractivity contribution >= 4 is 67.8 Å². The van der Waals surface area contributed by atoms with Crippen molar-refractivity contribution in [2.24, 2.45) is 11.0 Å². The summed E-state index contributed by atoms with van der Waals surface area (Å²) in [4.78, 5) is 14.4. The Bertz CT molecular complexity index is 989. The molecule has 1 aromatic heterocycles. The Hall–Kier alpha value is -1.12. The van der Waals surface area contributed by atoms with E-state index in [9.17, 15) is 4.79 Å². The first kappa shape index (κ1) is 22.1. The van der Waals surface area contributed by atoms with Crippen LogP contribution in [0, 0.1) is 5.92 Å². The predicted octanol–water partition coefficient (Wildman–Crippen LogP) is 6.03. The lowest BCUT2D eigenvalue weighted by Gasteiger charge is -2.36. The number of hydrogen-bond donors (Lipinski definition) is 1. The van der Waals surface area contributed by atoms with E-state index >= 15 is 0 Å². The van der Waals surface area contributed by atoms with Gasteiger partial charge >= 0.3 is 5.91 Å². The van der Waals surface area contributed by atoms with E-state index < -0.39 is 0 Å². The topological polar surface area (TPSA) is 44.7 Å². The molecule has 2 aliphatic heterocycles. The first-order chi connectivity index (χ1) is 14.3. The number of hydrogen-bond acceptors (Lipinski definition) is 4. The number of thiophene rings is 1. The standard InChI is InChI=1S/C21H23BrCl2N4OS/c1-13-19(21(29)26-28(2)10-4-3-5-11-28)25-27(16-7-6-14(23)12-15(16)24)20(13)17-8-9-18(22)30-17/h6-9,12-13,20H,3-5,10-11H2,1-2H3/p+1/t13-,20-/m0/s1. The van der Waals surface area contributed by atoms with Crippen LogP contribution in [-0.4, -0.2) is 36.3 Å². The molecule has 9 heteroatoms. The summed E-state index contributed by atoms with van der Waals surface area (Å²) in [5, 5.41) is 7.73. The largest absolute Gasteiger partial charge is 0.312 e. The molecule has 160 valence electrons. The van der Waals surface area contributed by atoms with Crippen molar-refractivity contribution in [2.45, 2.75) is 32.2 Å². The molecule has 1 aromatic carbocycles. The molecule has 0 aliphatic carbocycles. The maximum atomic E-state index is 13.3. The van der Waals surface area contributed by atoms with Crippen molar-refractivity contribution in [1.29, 1.82) is 0 Å². The molecular formula is C21H24BrCl2N4OS+. The minimum atomic E-state index is -0.118. The van der Waals surface area contributed by atoms with Crippen LogP contribution < -0.4 is 10.4 Å². The summed E-state index contributed by atoms with van der Waals surface area (Å²) < 4.78 is 1.60. The zero-order chi connectivity index (χ0) is 21.5. The van der Waals surface area contributed by atoms with E-state index in [-0.39, 0.29) is 17.9 Å². The molecule has 2 aromatic rings. The van der Waals surface area contributed by atoms with Crippen LogP contribution in [-0.2, 0) is 4.79 Å². The van der Waals surface area contributed by atoms with Crippen LogP contribution in [0.5, 0.6) is 0 Å². The second kappa shape index (κ2) is 8.79. The first-order valence-corrected chi connectivity index (χ1v) is 12.4. The Balaban J connectivity index is 1.69. The SMILES string of the molecule is C[C@H]1C(C(=O)N[N+]2(C)CCCCC2)=NN(c2ccc(Cl)cc2Cl)[C@@H]1c1ccc(Br)s1. The average Bonchev–Trinajstić information content (AvgIpc) is 3.25. The number of benzene rings is 1. The van der Waals surface area contributed by atoms with Gasteiger partial charge in [-0.2, -0.15) is 10.5 Å². The van der Waals surface area contributed by atoms with E-state index in [2.05, 4.69) is 41.4 Å². The molecule has 0 bridgehead atoms. The highest BCUT2D eigenvalue weighted by Crippen LogP contribution is 2.44. The Morgan fingerprint density at radius 3 is 2.60 bits per heavy atom. The first-order valence-electron chi connectivity index (χ1n) is 10.0. The molecule has 1 fully saturated rings. The third-order valence-corrected chi connectivity index (χ3v) is 8.07. The number of halogens is 3. The molecule has 0 spiro atoms. The normalized spacial score (nSPS) is 23.4. The Morgan fingerprint density at radius 1 is 1.23 bits per heavy atom. The number of amides is 1. The number of nitrogens with zero attached hydrogens (tertiary/aromatic N) is 3. The van der Waals surface area contributed by atoms with Crippen LogP contribution in [0.1, 0.15) is 37.1 Å². The van der Waals surface area contributed by atoms with Crippen LogP contribution in [0.25, 0.3) is 0 Å². The van der Waals surface area contributed by atoms with Gasteiger partial charge in [-0.3, -0.25) is 9.80 Å². The Kier molecular flexibility index (Phi) is 6.47. The molecule has 4 rings (SSSR count). The number of nitrogens with one attached hydrogen (secondary N) is 1. The smallest absolute Gasteiger partial charge is 0.263 e. The number of rotatable bonds is 4. The fourth-order valence-electron chi connectivity index (χ4n) is 4.23. The van der Waals surface area contributed by atoms with Crippen molar-refractivity contribution in [2.75, 3.05) is 25.1 Å². The van der Waals surface area contributed by atoms with Crippen LogP contribution in [0.4, 0.5) is 5.69 Å². The fraction of sp³-hybridized carbons (Fsp3) is 0.429. The summed E-state index contributed by atoms with van der Waals surface area (Å²) in [7, 11) is 2.08. The van der Waals surface area contributed by atoms with Crippen LogP contribution >= 0.6 is 50.5 Å². The molecule has 3 heterocycles. The average molecular weight is 531 g/mol. The lowest BCUT2D eigenvalue weighted by atomic mass is 9.95. The van der Waals surface area contributed by atoms with E-state index in [1.54, 1.807) is 23.5 Å². The molecule has 0 saturated carbocycles. The maximum absolute atomic E-state index is 13.3. The third kappa shape index (κ3) is 4.41. The Labute approximate surface area is 199 Å². The van der Waals surface area contributed by atoms with Crippen LogP contribution in [0.2, 0.25) is 10.0 Å². The summed E-state index contributed by atoms with van der Waals surface area (Å²) in [5.41, 5.74) is 4.49. The molecule has 0 unspecified atom stereocenters. The minimum Gasteiger partial charge on any atom is -0.263 e. The van der Waals surface area contributed by atoms with E-state index in [1.165, 1.54) is 6.42 Å². The molecule has 1 amide bonds. The number of likely N-dealkylation sites (tertiary alicyclic amines) is 1. The van der Waals surface area contributed by atoms with Crippen molar-refractivity contribution in [3.8, 4) is 0 Å². The summed E-state index contributed by atoms with van der Waals surface area (Å²) in [6.07, 6.45) is 3.47. The second-order valence-electron chi connectivity index (χ2n) is 8.15. The zero-order valence-electron chi connectivity index (χ0n) is 16.9. The quantitative estimate of drug-likeness (QED) is 0.490. The highest BCUT2D eigenvalue weighted by atomic mass is 79.9. The zero-order valence-corrected chi connectivity index (χ0v) is 20.8. The fourth-order valence-corrected chi connectivity index (χ4v) is 6.34. The van der Waals surface area contributed by atoms with Gasteiger partial charge < -0.3 is 0 Å². The molecule has 1 saturated heterocycles. The highest BCUT2D eigenvalue weighted by Gasteiger charge is 2.42. The van der Waals surface area contributed by atoms with E-state index in [1.807, 2.05) is 17.1 Å². The lowest BCUT2D eigenvalue weighted by molar-refractivity contribution is -0.947. The number of quaternary nitrogens is 1. The van der Waals surface area contributed by atoms with Crippen LogP contribution in [0.15, 0.2) is 39.2 Å². The van der Waals surface area contributed by atoms with Gasteiger partial charge in [0.25, 0.3) is 0 Å². The van der Waals surface area contributed by atoms with Gasteiger partial charge in [0.05, 0.1) is 27.6 Å². The van der Waals surface area contributed by atoms with Gasteiger partial charge in [-0.05, 0) is 65.5 Å². The van der Waals surface area contributed by atoms with Gasteiger partial charge in [0.2, 0.25) is 0 Å². The molecule has 30 heavy (non-hydrogen) atoms. The maximum Gasteiger partial charge on any atom is 0.312 e. The van der Waals surface area contributed by atoms with Crippen molar-refractivity contribution in [3.63, 3.8) is 0 Å². The molecule has 1 N–H and O–H groups in total. The molecule has 0 radical (unpaired) electrons. The number of hydrazone groups is 1. The monoisotopic (exact) mass is 529 g/mol. The van der Waals surface area contributed by atoms with Gasteiger partial charge in [-0.25, -0.2) is 4.59 Å². The predicted molar refractivity (Wildman–Crippen MR) is 128 cm³/mol. The molecule has 2 atom stereocenters. The summed E-state index contributed by atoms with van der Waals surface area (Å²) in [6, 6.07) is 9.33. The van der Waals surface area contributed by atoms with Gasteiger partial charge in [0.15, 0.2) is 0 Å². The summed E-state index contributed by atoms with van der Waals surface area (Å²) in [6.45, 7) is 3.94. The van der Waals surface area contributed by atoms with Crippen LogP contribution in [0.3, 0.4) is 0 Å². The third-order valence-electron chi connectivity index (χ3n) is 5.83. The van der Waals surface area contributed by atoms with E-state index in [4.69, 9.17) is 28.3 Å². The van der Waals surface area contributed by atoms with E-state index in [0.29, 0.717) is 20.3 Å².